The number of nitrogens with zero attached hydrogens (tertiary/aromatic N) is 2. The number of rotatable bonds is 4. The molecule has 132 valence electrons. The van der Waals surface area contributed by atoms with E-state index < -0.39 is 0 Å². The molecular weight excluding hydrogens is 394 g/mol. The van der Waals surface area contributed by atoms with E-state index in [2.05, 4.69) is 26.3 Å². The van der Waals surface area contributed by atoms with Crippen LogP contribution in [0.1, 0.15) is 11.1 Å². The third-order valence-electron chi connectivity index (χ3n) is 4.50. The number of fused-ring (bicyclic) bond motifs is 1. The first-order chi connectivity index (χ1) is 12.7. The number of carbonyl (C=O) groups excluding carboxylic acids is 1. The van der Waals surface area contributed by atoms with Gasteiger partial charge in [-0.05, 0) is 29.7 Å². The zero-order chi connectivity index (χ0) is 17.9. The predicted molar refractivity (Wildman–Crippen MR) is 103 cm³/mol. The van der Waals surface area contributed by atoms with Crippen molar-refractivity contribution in [2.24, 2.45) is 5.92 Å². The van der Waals surface area contributed by atoms with Crippen molar-refractivity contribution in [3.05, 3.63) is 76.4 Å². The van der Waals surface area contributed by atoms with E-state index in [0.717, 1.165) is 21.3 Å². The van der Waals surface area contributed by atoms with Crippen LogP contribution < -0.4 is 10.1 Å². The van der Waals surface area contributed by atoms with Crippen LogP contribution in [0, 0.1) is 5.92 Å². The molecule has 1 amide bonds. The number of aromatic nitrogens is 2. The minimum Gasteiger partial charge on any atom is -0.492 e. The van der Waals surface area contributed by atoms with Gasteiger partial charge >= 0.3 is 0 Å². The SMILES string of the molecule is O=C(Nc1ccnn1Cc1ccccc1Br)C1COc2ccccc2C1. The van der Waals surface area contributed by atoms with E-state index in [4.69, 9.17) is 4.74 Å². The summed E-state index contributed by atoms with van der Waals surface area (Å²) in [7, 11) is 0. The fraction of sp³-hybridized carbons (Fsp3) is 0.200. The highest BCUT2D eigenvalue weighted by Gasteiger charge is 2.26. The highest BCUT2D eigenvalue weighted by molar-refractivity contribution is 9.10. The molecule has 1 N–H and O–H groups in total. The first-order valence-electron chi connectivity index (χ1n) is 8.47. The van der Waals surface area contributed by atoms with Crippen molar-refractivity contribution in [1.82, 2.24) is 9.78 Å². The second kappa shape index (κ2) is 7.33. The Morgan fingerprint density at radius 3 is 2.88 bits per heavy atom. The van der Waals surface area contributed by atoms with E-state index in [0.29, 0.717) is 25.4 Å². The summed E-state index contributed by atoms with van der Waals surface area (Å²) in [5.74, 6) is 1.30. The zero-order valence-electron chi connectivity index (χ0n) is 14.1. The Labute approximate surface area is 160 Å². The maximum absolute atomic E-state index is 12.7. The number of ether oxygens (including phenoxy) is 1. The summed E-state index contributed by atoms with van der Waals surface area (Å²) < 4.78 is 8.53. The van der Waals surface area contributed by atoms with Gasteiger partial charge in [0.1, 0.15) is 18.2 Å². The number of nitrogens with one attached hydrogen (secondary N) is 1. The number of hydrogen-bond donors (Lipinski definition) is 1. The number of halogens is 1. The summed E-state index contributed by atoms with van der Waals surface area (Å²) in [5, 5.41) is 7.33. The van der Waals surface area contributed by atoms with Crippen LogP contribution in [-0.4, -0.2) is 22.3 Å². The normalized spacial score (nSPS) is 15.8. The lowest BCUT2D eigenvalue weighted by atomic mass is 9.96. The quantitative estimate of drug-likeness (QED) is 0.708. The van der Waals surface area contributed by atoms with Crippen LogP contribution >= 0.6 is 15.9 Å². The minimum atomic E-state index is -0.211. The smallest absolute Gasteiger partial charge is 0.232 e. The molecule has 1 aliphatic heterocycles. The topological polar surface area (TPSA) is 56.2 Å². The Morgan fingerprint density at radius 1 is 1.19 bits per heavy atom. The van der Waals surface area contributed by atoms with Gasteiger partial charge in [0.15, 0.2) is 0 Å². The van der Waals surface area contributed by atoms with Crippen LogP contribution in [0.25, 0.3) is 0 Å². The molecule has 5 nitrogen and oxygen atoms in total. The fourth-order valence-corrected chi connectivity index (χ4v) is 3.49. The first-order valence-corrected chi connectivity index (χ1v) is 9.27. The molecule has 0 saturated carbocycles. The standard InChI is InChI=1S/C20H18BrN3O2/c21-17-7-3-1-6-15(17)12-24-19(9-10-22-24)23-20(25)16-11-14-5-2-4-8-18(14)26-13-16/h1-10,16H,11-13H2,(H,23,25). The summed E-state index contributed by atoms with van der Waals surface area (Å²) in [5.41, 5.74) is 2.17. The Hall–Kier alpha value is -2.60. The maximum Gasteiger partial charge on any atom is 0.232 e. The van der Waals surface area contributed by atoms with Crippen LogP contribution in [0.3, 0.4) is 0 Å². The molecule has 1 atom stereocenters. The van der Waals surface area contributed by atoms with Crippen molar-refractivity contribution >= 4 is 27.7 Å². The molecule has 0 spiro atoms. The van der Waals surface area contributed by atoms with Crippen molar-refractivity contribution < 1.29 is 9.53 Å². The van der Waals surface area contributed by atoms with Crippen LogP contribution in [-0.2, 0) is 17.8 Å². The van der Waals surface area contributed by atoms with E-state index >= 15 is 0 Å². The van der Waals surface area contributed by atoms with Gasteiger partial charge in [0.25, 0.3) is 0 Å². The van der Waals surface area contributed by atoms with Crippen molar-refractivity contribution in [2.75, 3.05) is 11.9 Å². The molecule has 0 aliphatic carbocycles. The van der Waals surface area contributed by atoms with Crippen molar-refractivity contribution in [3.63, 3.8) is 0 Å². The molecular formula is C20H18BrN3O2. The second-order valence-electron chi connectivity index (χ2n) is 6.27. The molecule has 1 aliphatic rings. The van der Waals surface area contributed by atoms with Gasteiger partial charge in [-0.2, -0.15) is 5.10 Å². The number of para-hydroxylation sites is 1. The molecule has 2 aromatic carbocycles. The molecule has 1 unspecified atom stereocenters. The molecule has 0 radical (unpaired) electrons. The molecule has 0 saturated heterocycles. The number of benzene rings is 2. The molecule has 0 fully saturated rings. The first kappa shape index (κ1) is 16.8. The summed E-state index contributed by atoms with van der Waals surface area (Å²) in [6.07, 6.45) is 2.37. The van der Waals surface area contributed by atoms with Crippen LogP contribution in [0.2, 0.25) is 0 Å². The lowest BCUT2D eigenvalue weighted by molar-refractivity contribution is -0.121. The van der Waals surface area contributed by atoms with Gasteiger partial charge < -0.3 is 10.1 Å². The van der Waals surface area contributed by atoms with E-state index in [1.54, 1.807) is 10.9 Å². The zero-order valence-corrected chi connectivity index (χ0v) is 15.6. The molecule has 6 heteroatoms. The third-order valence-corrected chi connectivity index (χ3v) is 5.27. The van der Waals surface area contributed by atoms with E-state index in [-0.39, 0.29) is 11.8 Å². The summed E-state index contributed by atoms with van der Waals surface area (Å²) in [6.45, 7) is 0.968. The molecule has 2 heterocycles. The predicted octanol–water partition coefficient (Wildman–Crippen LogP) is 3.88. The third kappa shape index (κ3) is 3.51. The van der Waals surface area contributed by atoms with Gasteiger partial charge in [-0.3, -0.25) is 4.79 Å². The van der Waals surface area contributed by atoms with Gasteiger partial charge in [-0.25, -0.2) is 4.68 Å². The van der Waals surface area contributed by atoms with Gasteiger partial charge in [-0.1, -0.05) is 52.3 Å². The van der Waals surface area contributed by atoms with Gasteiger partial charge in [0, 0.05) is 10.5 Å². The van der Waals surface area contributed by atoms with E-state index in [1.807, 2.05) is 54.6 Å². The highest BCUT2D eigenvalue weighted by atomic mass is 79.9. The van der Waals surface area contributed by atoms with Crippen LogP contribution in [0.5, 0.6) is 5.75 Å². The summed E-state index contributed by atoms with van der Waals surface area (Å²) >= 11 is 3.55. The highest BCUT2D eigenvalue weighted by Crippen LogP contribution is 2.27. The Balaban J connectivity index is 1.46. The van der Waals surface area contributed by atoms with Gasteiger partial charge in [0.2, 0.25) is 5.91 Å². The molecule has 0 bridgehead atoms. The maximum atomic E-state index is 12.7. The molecule has 4 rings (SSSR count). The number of carbonyl (C=O) groups is 1. The largest absolute Gasteiger partial charge is 0.492 e. The number of hydrogen-bond acceptors (Lipinski definition) is 3. The lowest BCUT2D eigenvalue weighted by Crippen LogP contribution is -2.33. The number of amides is 1. The minimum absolute atomic E-state index is 0.0478. The summed E-state index contributed by atoms with van der Waals surface area (Å²) in [4.78, 5) is 12.7. The van der Waals surface area contributed by atoms with Crippen molar-refractivity contribution in [2.45, 2.75) is 13.0 Å². The Kier molecular flexibility index (Phi) is 4.75. The van der Waals surface area contributed by atoms with E-state index in [1.165, 1.54) is 0 Å². The molecule has 3 aromatic rings. The average molecular weight is 412 g/mol. The van der Waals surface area contributed by atoms with Crippen molar-refractivity contribution in [3.8, 4) is 5.75 Å². The summed E-state index contributed by atoms with van der Waals surface area (Å²) in [6, 6.07) is 17.7. The van der Waals surface area contributed by atoms with Gasteiger partial charge in [-0.15, -0.1) is 0 Å². The molecule has 1 aromatic heterocycles. The van der Waals surface area contributed by atoms with Crippen LogP contribution in [0.4, 0.5) is 5.82 Å². The van der Waals surface area contributed by atoms with E-state index in [9.17, 15) is 4.79 Å². The Bertz CT molecular complexity index is 938. The Morgan fingerprint density at radius 2 is 2.00 bits per heavy atom. The second-order valence-corrected chi connectivity index (χ2v) is 7.13. The lowest BCUT2D eigenvalue weighted by Gasteiger charge is -2.24. The van der Waals surface area contributed by atoms with Crippen molar-refractivity contribution in [1.29, 1.82) is 0 Å². The average Bonchev–Trinajstić information content (AvgIpc) is 3.10. The fourth-order valence-electron chi connectivity index (χ4n) is 3.08. The molecule has 26 heavy (non-hydrogen) atoms. The van der Waals surface area contributed by atoms with Crippen LogP contribution in [0.15, 0.2) is 65.3 Å². The number of anilines is 1. The monoisotopic (exact) mass is 411 g/mol. The van der Waals surface area contributed by atoms with Gasteiger partial charge in [0.05, 0.1) is 18.7 Å².